The molecule has 7 heteroatoms. The van der Waals surface area contributed by atoms with Gasteiger partial charge in [-0.1, -0.05) is 0 Å². The summed E-state index contributed by atoms with van der Waals surface area (Å²) in [6.45, 7) is 3.90. The Morgan fingerprint density at radius 2 is 1.00 bits per heavy atom. The normalized spacial score (nSPS) is 17.0. The predicted molar refractivity (Wildman–Crippen MR) is 89.9 cm³/mol. The van der Waals surface area contributed by atoms with Crippen molar-refractivity contribution in [2.75, 3.05) is 0 Å². The van der Waals surface area contributed by atoms with Crippen molar-refractivity contribution in [3.05, 3.63) is 59.7 Å². The average molecular weight is 539 g/mol. The zero-order chi connectivity index (χ0) is 15.7. The van der Waals surface area contributed by atoms with Crippen molar-refractivity contribution < 1.29 is 25.5 Å². The Balaban J connectivity index is 2.35. The van der Waals surface area contributed by atoms with Gasteiger partial charge in [0.25, 0.3) is 0 Å². The zero-order valence-corrected chi connectivity index (χ0v) is 16.8. The first-order valence-corrected chi connectivity index (χ1v) is 15.9. The molecule has 117 valence electrons. The van der Waals surface area contributed by atoms with Gasteiger partial charge >= 0.3 is 143 Å². The van der Waals surface area contributed by atoms with Gasteiger partial charge in [0.15, 0.2) is 0 Å². The first kappa shape index (κ1) is 17.3. The second-order valence-electron chi connectivity index (χ2n) is 4.47. The van der Waals surface area contributed by atoms with Gasteiger partial charge in [-0.15, -0.1) is 0 Å². The fraction of sp³-hybridized carbons (Fsp3) is 0.143. The molecule has 0 amide bonds. The summed E-state index contributed by atoms with van der Waals surface area (Å²) in [4.78, 5) is 1.13. The number of aryl methyl sites for hydroxylation is 2. The summed E-state index contributed by atoms with van der Waals surface area (Å²) in [6.07, 6.45) is 0. The second kappa shape index (κ2) is 6.58. The summed E-state index contributed by atoms with van der Waals surface area (Å²) in [7, 11) is 0. The third-order valence-corrected chi connectivity index (χ3v) is 24.2. The molecule has 0 aliphatic carbocycles. The van der Waals surface area contributed by atoms with Crippen molar-refractivity contribution in [2.24, 2.45) is 0 Å². The summed E-state index contributed by atoms with van der Waals surface area (Å²) in [5.74, 6) is -5.48. The SMILES string of the molecule is Cc1ccc([S](=O)(=S)[Au][S](=O)(=S)c2ccc(C)cc2)cc1. The van der Waals surface area contributed by atoms with Crippen LogP contribution < -0.4 is 0 Å². The number of benzene rings is 2. The van der Waals surface area contributed by atoms with Gasteiger partial charge in [0.2, 0.25) is 0 Å². The van der Waals surface area contributed by atoms with E-state index in [2.05, 4.69) is 0 Å². The Labute approximate surface area is 142 Å². The molecule has 2 atom stereocenters. The van der Waals surface area contributed by atoms with Crippen LogP contribution in [0, 0.1) is 13.8 Å². The van der Waals surface area contributed by atoms with E-state index in [9.17, 15) is 8.42 Å². The van der Waals surface area contributed by atoms with Crippen LogP contribution in [0.5, 0.6) is 0 Å². The first-order chi connectivity index (χ1) is 9.71. The van der Waals surface area contributed by atoms with E-state index in [1.807, 2.05) is 38.1 Å². The Morgan fingerprint density at radius 1 is 0.714 bits per heavy atom. The molecule has 0 N–H and O–H groups in total. The van der Waals surface area contributed by atoms with E-state index in [0.717, 1.165) is 11.1 Å². The maximum atomic E-state index is 12.8. The van der Waals surface area contributed by atoms with E-state index >= 15 is 0 Å². The van der Waals surface area contributed by atoms with Crippen molar-refractivity contribution in [2.45, 2.75) is 23.6 Å². The molecule has 2 unspecified atom stereocenters. The molecule has 0 aliphatic rings. The molecule has 0 heterocycles. The van der Waals surface area contributed by atoms with E-state index in [0.29, 0.717) is 9.79 Å². The Kier molecular flexibility index (Phi) is 5.41. The van der Waals surface area contributed by atoms with Crippen LogP contribution in [0.3, 0.4) is 0 Å². The second-order valence-corrected chi connectivity index (χ2v) is 24.4. The van der Waals surface area contributed by atoms with Crippen molar-refractivity contribution in [3.8, 4) is 0 Å². The number of hydrogen-bond acceptors (Lipinski definition) is 4. The van der Waals surface area contributed by atoms with Crippen molar-refractivity contribution in [1.82, 2.24) is 0 Å². The minimum atomic E-state index is -2.74. The van der Waals surface area contributed by atoms with Crippen LogP contribution in [0.2, 0.25) is 0 Å². The molecule has 0 bridgehead atoms. The quantitative estimate of drug-likeness (QED) is 0.560. The Hall–Kier alpha value is -0.0797. The number of hydrogen-bond donors (Lipinski definition) is 0. The molecule has 0 spiro atoms. The first-order valence-electron chi connectivity index (χ1n) is 5.96. The van der Waals surface area contributed by atoms with Gasteiger partial charge in [-0.05, 0) is 0 Å². The van der Waals surface area contributed by atoms with Crippen molar-refractivity contribution in [3.63, 3.8) is 0 Å². The molecule has 0 fully saturated rings. The summed E-state index contributed by atoms with van der Waals surface area (Å²) in [5, 5.41) is 0. The van der Waals surface area contributed by atoms with Crippen LogP contribution in [-0.4, -0.2) is 8.42 Å². The third kappa shape index (κ3) is 4.45. The van der Waals surface area contributed by atoms with Gasteiger partial charge in [-0.25, -0.2) is 0 Å². The minimum absolute atomic E-state index is 0.564. The molecule has 2 aromatic rings. The van der Waals surface area contributed by atoms with Crippen LogP contribution >= 0.6 is 0 Å². The summed E-state index contributed by atoms with van der Waals surface area (Å²) >= 11 is 9.28. The molecule has 0 aromatic heterocycles. The Bertz CT molecular complexity index is 763. The predicted octanol–water partition coefficient (Wildman–Crippen LogP) is 3.13. The maximum absolute atomic E-state index is 12.8. The summed E-state index contributed by atoms with van der Waals surface area (Å²) < 4.78 is 25.5. The van der Waals surface area contributed by atoms with E-state index in [1.165, 1.54) is 0 Å². The summed E-state index contributed by atoms with van der Waals surface area (Å²) in [5.41, 5.74) is 2.14. The van der Waals surface area contributed by atoms with Gasteiger partial charge in [0.05, 0.1) is 0 Å². The van der Waals surface area contributed by atoms with Gasteiger partial charge in [0.1, 0.15) is 0 Å². The van der Waals surface area contributed by atoms with Gasteiger partial charge < -0.3 is 0 Å². The zero-order valence-electron chi connectivity index (χ0n) is 11.4. The standard InChI is InChI=1S/2C7H7OS2.Au/c2*1-6-2-4-7(5-3-6)10(8)9;/h2*2-5H,1H3;. The van der Waals surface area contributed by atoms with Gasteiger partial charge in [-0.2, -0.15) is 0 Å². The molecule has 0 saturated carbocycles. The van der Waals surface area contributed by atoms with E-state index < -0.39 is 29.0 Å². The average Bonchev–Trinajstić information content (AvgIpc) is 2.38. The van der Waals surface area contributed by atoms with E-state index in [1.54, 1.807) is 24.3 Å². The van der Waals surface area contributed by atoms with Crippen molar-refractivity contribution in [1.29, 1.82) is 0 Å². The topological polar surface area (TPSA) is 34.1 Å². The fourth-order valence-electron chi connectivity index (χ4n) is 1.53. The number of rotatable bonds is 4. The van der Waals surface area contributed by atoms with Crippen LogP contribution in [0.4, 0.5) is 0 Å². The van der Waals surface area contributed by atoms with Crippen LogP contribution in [0.15, 0.2) is 58.3 Å². The molecular formula is C14H14AuO2S4. The van der Waals surface area contributed by atoms with E-state index in [-0.39, 0.29) is 0 Å². The van der Waals surface area contributed by atoms with Crippen LogP contribution in [0.1, 0.15) is 11.1 Å². The van der Waals surface area contributed by atoms with E-state index in [4.69, 9.17) is 22.4 Å². The molecule has 2 rings (SSSR count). The fourth-order valence-corrected chi connectivity index (χ4v) is 25.8. The molecule has 21 heavy (non-hydrogen) atoms. The molecular weight excluding hydrogens is 525 g/mol. The third-order valence-electron chi connectivity index (χ3n) is 2.70. The Morgan fingerprint density at radius 3 is 1.29 bits per heavy atom. The van der Waals surface area contributed by atoms with Crippen LogP contribution in [0.25, 0.3) is 0 Å². The molecule has 2 aromatic carbocycles. The molecule has 0 saturated heterocycles. The molecule has 0 radical (unpaired) electrons. The molecule has 0 aliphatic heterocycles. The monoisotopic (exact) mass is 539 g/mol. The van der Waals surface area contributed by atoms with Crippen molar-refractivity contribution >= 4 is 34.3 Å². The molecule has 2 nitrogen and oxygen atoms in total. The summed E-state index contributed by atoms with van der Waals surface area (Å²) in [6, 6.07) is 14.4. The van der Waals surface area contributed by atoms with Gasteiger partial charge in [-0.3, -0.25) is 0 Å². The van der Waals surface area contributed by atoms with Crippen LogP contribution in [-0.2, 0) is 51.4 Å². The van der Waals surface area contributed by atoms with Gasteiger partial charge in [0, 0.05) is 0 Å².